The second-order valence-electron chi connectivity index (χ2n) is 13.1. The predicted molar refractivity (Wildman–Crippen MR) is 214 cm³/mol. The standard InChI is InChI=1S/C40H34Cl2F3N9O2/c1-20-14-21(4-10-27(20)36-29-16-23(41)6-12-32(29)50-35(52-36)19-34(46)47)2-8-25(55)18-26(56)9-3-22-5-11-28(31(15-22)40(43,44)45)37-30-17-24(42)7-13-33(30)51-39(53-37)54-38(48)49/h4-7,10-17,19,50H,2-3,8-9,18H2,1H3,(H3,46,47)(H4,48,49,51,53,54). The van der Waals surface area contributed by atoms with Gasteiger partial charge in [0.15, 0.2) is 5.96 Å². The predicted octanol–water partition coefficient (Wildman–Crippen LogP) is 7.97. The largest absolute Gasteiger partial charge is 0.417 e. The average molecular weight is 801 g/mol. The molecule has 16 heteroatoms. The minimum atomic E-state index is -4.79. The molecule has 286 valence electrons. The smallest absolute Gasteiger partial charge is 0.384 e. The molecule has 0 amide bonds. The van der Waals surface area contributed by atoms with Gasteiger partial charge in [-0.2, -0.15) is 18.2 Å². The number of aromatic nitrogens is 2. The third-order valence-electron chi connectivity index (χ3n) is 8.87. The summed E-state index contributed by atoms with van der Waals surface area (Å²) in [5.41, 5.74) is 20.5. The Kier molecular flexibility index (Phi) is 11.5. The van der Waals surface area contributed by atoms with Crippen molar-refractivity contribution in [2.75, 3.05) is 5.32 Å². The number of benzene rings is 4. The van der Waals surface area contributed by atoms with E-state index in [2.05, 4.69) is 20.3 Å². The van der Waals surface area contributed by atoms with Crippen LogP contribution in [0, 0.1) is 12.3 Å². The highest BCUT2D eigenvalue weighted by molar-refractivity contribution is 6.32. The van der Waals surface area contributed by atoms with Crippen molar-refractivity contribution >= 4 is 74.8 Å². The quantitative estimate of drug-likeness (QED) is 0.0475. The first kappa shape index (κ1) is 39.6. The first-order valence-corrected chi connectivity index (χ1v) is 17.9. The van der Waals surface area contributed by atoms with E-state index in [0.717, 1.165) is 34.0 Å². The second kappa shape index (κ2) is 16.3. The highest BCUT2D eigenvalue weighted by atomic mass is 35.5. The molecule has 0 saturated heterocycles. The van der Waals surface area contributed by atoms with Gasteiger partial charge in [-0.3, -0.25) is 15.0 Å². The molecule has 1 aliphatic heterocycles. The number of ketones is 2. The number of rotatable bonds is 12. The minimum absolute atomic E-state index is 0.0111. The number of nitrogens with one attached hydrogen (secondary N) is 2. The van der Waals surface area contributed by atoms with E-state index in [9.17, 15) is 22.8 Å². The van der Waals surface area contributed by atoms with E-state index in [-0.39, 0.29) is 87.7 Å². The number of alkyl halides is 3. The highest BCUT2D eigenvalue weighted by Crippen LogP contribution is 2.40. The number of carbonyl (C=O) groups excluding carboxylic acids is 2. The molecule has 0 saturated carbocycles. The molecule has 6 rings (SSSR count). The number of hydrogen-bond acceptors (Lipinski definition) is 8. The van der Waals surface area contributed by atoms with Crippen LogP contribution in [0.1, 0.15) is 52.6 Å². The van der Waals surface area contributed by atoms with Crippen molar-refractivity contribution < 1.29 is 22.8 Å². The van der Waals surface area contributed by atoms with Crippen LogP contribution in [0.15, 0.2) is 94.7 Å². The number of Topliss-reactive ketones (excluding diaryl/α,β-unsaturated/α-hetero) is 2. The molecule has 0 fully saturated rings. The van der Waals surface area contributed by atoms with Crippen LogP contribution in [0.4, 0.5) is 24.8 Å². The topological polar surface area (TPSA) is 199 Å². The maximum Gasteiger partial charge on any atom is 0.417 e. The van der Waals surface area contributed by atoms with Gasteiger partial charge in [0.25, 0.3) is 5.95 Å². The lowest BCUT2D eigenvalue weighted by Crippen LogP contribution is -2.22. The lowest BCUT2D eigenvalue weighted by Gasteiger charge is -2.22. The fourth-order valence-electron chi connectivity index (χ4n) is 6.35. The maximum atomic E-state index is 14.5. The molecule has 56 heavy (non-hydrogen) atoms. The molecule has 0 spiro atoms. The summed E-state index contributed by atoms with van der Waals surface area (Å²) in [5, 5.41) is 11.9. The Morgan fingerprint density at radius 3 is 2.12 bits per heavy atom. The summed E-state index contributed by atoms with van der Waals surface area (Å²) >= 11 is 12.5. The van der Waals surface area contributed by atoms with Gasteiger partial charge in [0.05, 0.1) is 28.9 Å². The Bertz CT molecular complexity index is 2510. The number of fused-ring (bicyclic) bond motifs is 2. The van der Waals surface area contributed by atoms with Gasteiger partial charge < -0.3 is 22.5 Å². The van der Waals surface area contributed by atoms with Crippen LogP contribution >= 0.6 is 23.2 Å². The molecule has 0 radical (unpaired) electrons. The molecule has 2 heterocycles. The SMILES string of the molecule is Cc1cc(CCC(=O)CC(=O)CCc2ccc(-c3nc(N=C(N)N)nc4ccc(Cl)cc34)c(C(F)(F)F)c2)ccc1C1=NC(=CC(=N)N)Nc2ccc(Cl)cc21. The summed E-state index contributed by atoms with van der Waals surface area (Å²) < 4.78 is 43.5. The third-order valence-corrected chi connectivity index (χ3v) is 9.34. The minimum Gasteiger partial charge on any atom is -0.384 e. The van der Waals surface area contributed by atoms with Crippen molar-refractivity contribution in [2.24, 2.45) is 27.2 Å². The van der Waals surface area contributed by atoms with Gasteiger partial charge in [0.1, 0.15) is 23.2 Å². The molecule has 11 nitrogen and oxygen atoms in total. The van der Waals surface area contributed by atoms with Crippen molar-refractivity contribution in [3.63, 3.8) is 0 Å². The molecule has 1 aliphatic rings. The van der Waals surface area contributed by atoms with Crippen molar-refractivity contribution in [1.82, 2.24) is 9.97 Å². The first-order valence-electron chi connectivity index (χ1n) is 17.2. The number of nitrogens with zero attached hydrogens (tertiary/aromatic N) is 4. The number of amidine groups is 1. The van der Waals surface area contributed by atoms with E-state index >= 15 is 0 Å². The molecule has 5 aromatic rings. The monoisotopic (exact) mass is 799 g/mol. The lowest BCUT2D eigenvalue weighted by atomic mass is 9.93. The number of halogens is 5. The molecule has 0 atom stereocenters. The molecule has 1 aromatic heterocycles. The summed E-state index contributed by atoms with van der Waals surface area (Å²) in [6.45, 7) is 1.92. The van der Waals surface area contributed by atoms with E-state index in [1.807, 2.05) is 31.2 Å². The summed E-state index contributed by atoms with van der Waals surface area (Å²) in [6, 6.07) is 19.3. The van der Waals surface area contributed by atoms with Gasteiger partial charge >= 0.3 is 6.18 Å². The van der Waals surface area contributed by atoms with Crippen molar-refractivity contribution in [2.45, 2.75) is 45.2 Å². The van der Waals surface area contributed by atoms with Crippen LogP contribution in [0.5, 0.6) is 0 Å². The Balaban J connectivity index is 1.12. The Morgan fingerprint density at radius 2 is 1.48 bits per heavy atom. The van der Waals surface area contributed by atoms with E-state index in [1.54, 1.807) is 12.1 Å². The zero-order valence-electron chi connectivity index (χ0n) is 29.8. The lowest BCUT2D eigenvalue weighted by molar-refractivity contribution is -0.137. The normalized spacial score (nSPS) is 13.2. The molecular weight excluding hydrogens is 766 g/mol. The van der Waals surface area contributed by atoms with E-state index in [0.29, 0.717) is 23.0 Å². The summed E-state index contributed by atoms with van der Waals surface area (Å²) in [6.07, 6.45) is -3.37. The molecule has 0 aliphatic carbocycles. The van der Waals surface area contributed by atoms with Crippen LogP contribution in [-0.4, -0.2) is 39.0 Å². The zero-order valence-corrected chi connectivity index (χ0v) is 31.3. The second-order valence-corrected chi connectivity index (χ2v) is 14.0. The number of aryl methyl sites for hydroxylation is 3. The Labute approximate surface area is 329 Å². The van der Waals surface area contributed by atoms with Crippen molar-refractivity contribution in [3.8, 4) is 11.3 Å². The van der Waals surface area contributed by atoms with Gasteiger partial charge in [-0.05, 0) is 78.9 Å². The number of aliphatic imine (C=N–C) groups is 2. The average Bonchev–Trinajstić information content (AvgIpc) is 3.12. The molecule has 4 aromatic carbocycles. The van der Waals surface area contributed by atoms with Crippen LogP contribution in [-0.2, 0) is 28.6 Å². The van der Waals surface area contributed by atoms with E-state index < -0.39 is 11.7 Å². The van der Waals surface area contributed by atoms with Crippen molar-refractivity contribution in [3.05, 3.63) is 128 Å². The number of hydrogen-bond donors (Lipinski definition) is 5. The van der Waals surface area contributed by atoms with Gasteiger partial charge in [0.2, 0.25) is 0 Å². The number of carbonyl (C=O) groups is 2. The first-order chi connectivity index (χ1) is 26.5. The fourth-order valence-corrected chi connectivity index (χ4v) is 6.69. The van der Waals surface area contributed by atoms with E-state index in [1.165, 1.54) is 36.4 Å². The van der Waals surface area contributed by atoms with Crippen LogP contribution in [0.25, 0.3) is 22.2 Å². The third kappa shape index (κ3) is 9.39. The van der Waals surface area contributed by atoms with Gasteiger partial charge in [-0.25, -0.2) is 15.0 Å². The van der Waals surface area contributed by atoms with E-state index in [4.69, 9.17) is 50.8 Å². The zero-order chi connectivity index (χ0) is 40.3. The summed E-state index contributed by atoms with van der Waals surface area (Å²) in [5.74, 6) is -1.01. The van der Waals surface area contributed by atoms with Gasteiger partial charge in [-0.15, -0.1) is 0 Å². The number of guanidine groups is 1. The Hall–Kier alpha value is -6.12. The Morgan fingerprint density at radius 1 is 0.839 bits per heavy atom. The highest BCUT2D eigenvalue weighted by Gasteiger charge is 2.35. The molecular formula is C40H34Cl2F3N9O2. The molecule has 0 bridgehead atoms. The van der Waals surface area contributed by atoms with Crippen LogP contribution in [0.2, 0.25) is 10.0 Å². The summed E-state index contributed by atoms with van der Waals surface area (Å²) in [4.78, 5) is 42.7. The maximum absolute atomic E-state index is 14.5. The number of anilines is 1. The summed E-state index contributed by atoms with van der Waals surface area (Å²) in [7, 11) is 0. The fraction of sp³-hybridized carbons (Fsp3) is 0.175. The number of nitrogens with two attached hydrogens (primary N) is 3. The molecule has 0 unspecified atom stereocenters. The van der Waals surface area contributed by atoms with Crippen LogP contribution in [0.3, 0.4) is 0 Å². The van der Waals surface area contributed by atoms with Gasteiger partial charge in [0, 0.05) is 56.7 Å². The van der Waals surface area contributed by atoms with Crippen molar-refractivity contribution in [1.29, 1.82) is 5.41 Å². The molecule has 8 N–H and O–H groups in total. The van der Waals surface area contributed by atoms with Crippen LogP contribution < -0.4 is 22.5 Å². The van der Waals surface area contributed by atoms with Gasteiger partial charge in [-0.1, -0.05) is 53.5 Å².